The molecule has 0 bridgehead atoms. The van der Waals surface area contributed by atoms with E-state index in [1.807, 2.05) is 18.2 Å². The number of rotatable bonds is 6. The van der Waals surface area contributed by atoms with Crippen LogP contribution in [0.5, 0.6) is 0 Å². The summed E-state index contributed by atoms with van der Waals surface area (Å²) >= 11 is 6.23. The van der Waals surface area contributed by atoms with E-state index in [-0.39, 0.29) is 11.7 Å². The third kappa shape index (κ3) is 4.04. The molecule has 2 atom stereocenters. The molecule has 1 aliphatic rings. The van der Waals surface area contributed by atoms with Crippen molar-refractivity contribution in [2.45, 2.75) is 18.9 Å². The lowest BCUT2D eigenvalue weighted by atomic mass is 9.94. The lowest BCUT2D eigenvalue weighted by Crippen LogP contribution is -2.16. The minimum Gasteiger partial charge on any atom is -0.381 e. The maximum atomic E-state index is 10.9. The Bertz CT molecular complexity index is 703. The van der Waals surface area contributed by atoms with Crippen LogP contribution < -0.4 is 5.32 Å². The number of halogens is 1. The summed E-state index contributed by atoms with van der Waals surface area (Å²) in [5, 5.41) is 14.7. The number of ether oxygens (including phenoxy) is 1. The molecule has 24 heavy (non-hydrogen) atoms. The summed E-state index contributed by atoms with van der Waals surface area (Å²) in [5.74, 6) is 0.500. The van der Waals surface area contributed by atoms with Crippen LogP contribution in [-0.2, 0) is 4.74 Å². The quantitative estimate of drug-likeness (QED) is 0.601. The number of hydrogen-bond donors (Lipinski definition) is 1. The minimum absolute atomic E-state index is 0.00833. The van der Waals surface area contributed by atoms with Gasteiger partial charge >= 0.3 is 0 Å². The fourth-order valence-electron chi connectivity index (χ4n) is 2.99. The highest BCUT2D eigenvalue weighted by Gasteiger charge is 2.22. The molecule has 6 heteroatoms. The topological polar surface area (TPSA) is 64.4 Å². The summed E-state index contributed by atoms with van der Waals surface area (Å²) < 4.78 is 5.48. The molecule has 1 N–H and O–H groups in total. The zero-order chi connectivity index (χ0) is 16.9. The van der Waals surface area contributed by atoms with Crippen molar-refractivity contribution in [3.8, 4) is 0 Å². The van der Waals surface area contributed by atoms with E-state index in [0.717, 1.165) is 26.1 Å². The highest BCUT2D eigenvalue weighted by atomic mass is 35.5. The van der Waals surface area contributed by atoms with Gasteiger partial charge in [-0.25, -0.2) is 0 Å². The first kappa shape index (κ1) is 16.7. The fraction of sp³-hybridized carbons (Fsp3) is 0.333. The highest BCUT2D eigenvalue weighted by molar-refractivity contribution is 6.33. The van der Waals surface area contributed by atoms with E-state index in [0.29, 0.717) is 16.6 Å². The van der Waals surface area contributed by atoms with E-state index in [2.05, 4.69) is 17.4 Å². The second-order valence-electron chi connectivity index (χ2n) is 5.99. The fourth-order valence-corrected chi connectivity index (χ4v) is 3.22. The van der Waals surface area contributed by atoms with Crippen molar-refractivity contribution in [2.24, 2.45) is 5.92 Å². The van der Waals surface area contributed by atoms with Gasteiger partial charge in [0.1, 0.15) is 0 Å². The first-order chi connectivity index (χ1) is 11.6. The Kier molecular flexibility index (Phi) is 5.33. The summed E-state index contributed by atoms with van der Waals surface area (Å²) in [6, 6.07) is 14.7. The lowest BCUT2D eigenvalue weighted by Gasteiger charge is -2.23. The summed E-state index contributed by atoms with van der Waals surface area (Å²) in [6.45, 7) is 1.59. The van der Waals surface area contributed by atoms with E-state index in [1.165, 1.54) is 17.7 Å². The van der Waals surface area contributed by atoms with E-state index in [4.69, 9.17) is 16.3 Å². The number of hydrogen-bond acceptors (Lipinski definition) is 4. The normalized spacial score (nSPS) is 18.3. The Morgan fingerprint density at radius 2 is 2.08 bits per heavy atom. The van der Waals surface area contributed by atoms with Crippen LogP contribution in [-0.4, -0.2) is 18.1 Å². The average molecular weight is 347 g/mol. The Balaban J connectivity index is 1.82. The second-order valence-corrected chi connectivity index (χ2v) is 6.40. The summed E-state index contributed by atoms with van der Waals surface area (Å²) in [7, 11) is 0. The second kappa shape index (κ2) is 7.64. The van der Waals surface area contributed by atoms with Gasteiger partial charge < -0.3 is 10.1 Å². The molecule has 1 heterocycles. The van der Waals surface area contributed by atoms with E-state index in [1.54, 1.807) is 6.07 Å². The van der Waals surface area contributed by atoms with Gasteiger partial charge in [0.15, 0.2) is 0 Å². The Labute approximate surface area is 145 Å². The van der Waals surface area contributed by atoms with Crippen molar-refractivity contribution >= 4 is 23.0 Å². The maximum Gasteiger partial charge on any atom is 0.271 e. The number of anilines is 1. The van der Waals surface area contributed by atoms with Gasteiger partial charge in [0, 0.05) is 25.3 Å². The number of nitrogens with one attached hydrogen (secondary N) is 1. The van der Waals surface area contributed by atoms with Crippen molar-refractivity contribution < 1.29 is 9.66 Å². The van der Waals surface area contributed by atoms with Crippen molar-refractivity contribution in [3.63, 3.8) is 0 Å². The molecule has 2 unspecified atom stereocenters. The van der Waals surface area contributed by atoms with Crippen molar-refractivity contribution in [1.82, 2.24) is 0 Å². The molecule has 2 aromatic rings. The zero-order valence-corrected chi connectivity index (χ0v) is 13.9. The number of nitro benzene ring substituents is 1. The van der Waals surface area contributed by atoms with Crippen LogP contribution in [0.4, 0.5) is 11.4 Å². The van der Waals surface area contributed by atoms with Crippen molar-refractivity contribution in [3.05, 3.63) is 69.2 Å². The SMILES string of the molecule is O=[N+]([O-])c1ccc(NC(CC2CCOC2)c2ccccc2)c(Cl)c1. The predicted molar refractivity (Wildman–Crippen MR) is 94.5 cm³/mol. The summed E-state index contributed by atoms with van der Waals surface area (Å²) in [5.41, 5.74) is 1.86. The molecule has 126 valence electrons. The molecule has 5 nitrogen and oxygen atoms in total. The molecule has 0 aromatic heterocycles. The standard InChI is InChI=1S/C18H19ClN2O3/c19-16-11-15(21(22)23)6-7-17(16)20-18(10-13-8-9-24-12-13)14-4-2-1-3-5-14/h1-7,11,13,18,20H,8-10,12H2. The zero-order valence-electron chi connectivity index (χ0n) is 13.2. The molecule has 1 aliphatic heterocycles. The summed E-state index contributed by atoms with van der Waals surface area (Å²) in [4.78, 5) is 10.4. The lowest BCUT2D eigenvalue weighted by molar-refractivity contribution is -0.384. The van der Waals surface area contributed by atoms with Crippen molar-refractivity contribution in [2.75, 3.05) is 18.5 Å². The Morgan fingerprint density at radius 1 is 1.29 bits per heavy atom. The molecule has 0 aliphatic carbocycles. The van der Waals surface area contributed by atoms with Crippen LogP contribution in [0.2, 0.25) is 5.02 Å². The first-order valence-corrected chi connectivity index (χ1v) is 8.34. The molecule has 2 aromatic carbocycles. The van der Waals surface area contributed by atoms with Gasteiger partial charge in [0.25, 0.3) is 5.69 Å². The van der Waals surface area contributed by atoms with Gasteiger partial charge in [-0.1, -0.05) is 41.9 Å². The molecular weight excluding hydrogens is 328 g/mol. The van der Waals surface area contributed by atoms with Gasteiger partial charge in [0.05, 0.1) is 21.7 Å². The van der Waals surface area contributed by atoms with Crippen LogP contribution in [0, 0.1) is 16.0 Å². The molecule has 3 rings (SSSR count). The molecule has 0 radical (unpaired) electrons. The van der Waals surface area contributed by atoms with E-state index < -0.39 is 4.92 Å². The van der Waals surface area contributed by atoms with Gasteiger partial charge in [-0.15, -0.1) is 0 Å². The first-order valence-electron chi connectivity index (χ1n) is 7.96. The van der Waals surface area contributed by atoms with E-state index in [9.17, 15) is 10.1 Å². The third-order valence-electron chi connectivity index (χ3n) is 4.29. The number of non-ortho nitro benzene ring substituents is 1. The molecule has 0 spiro atoms. The van der Waals surface area contributed by atoms with Gasteiger partial charge in [0.2, 0.25) is 0 Å². The monoisotopic (exact) mass is 346 g/mol. The van der Waals surface area contributed by atoms with Gasteiger partial charge in [-0.3, -0.25) is 10.1 Å². The molecule has 0 amide bonds. The van der Waals surface area contributed by atoms with Crippen LogP contribution >= 0.6 is 11.6 Å². The van der Waals surface area contributed by atoms with Crippen LogP contribution in [0.25, 0.3) is 0 Å². The van der Waals surface area contributed by atoms with Gasteiger partial charge in [-0.05, 0) is 30.4 Å². The van der Waals surface area contributed by atoms with Crippen LogP contribution in [0.15, 0.2) is 48.5 Å². The number of nitro groups is 1. The maximum absolute atomic E-state index is 10.9. The summed E-state index contributed by atoms with van der Waals surface area (Å²) in [6.07, 6.45) is 1.98. The Morgan fingerprint density at radius 3 is 2.71 bits per heavy atom. The van der Waals surface area contributed by atoms with E-state index >= 15 is 0 Å². The predicted octanol–water partition coefficient (Wildman–Crippen LogP) is 4.83. The third-order valence-corrected chi connectivity index (χ3v) is 4.60. The minimum atomic E-state index is -0.444. The highest BCUT2D eigenvalue weighted by Crippen LogP contribution is 2.33. The van der Waals surface area contributed by atoms with Gasteiger partial charge in [-0.2, -0.15) is 0 Å². The smallest absolute Gasteiger partial charge is 0.271 e. The number of nitrogens with zero attached hydrogens (tertiary/aromatic N) is 1. The molecular formula is C18H19ClN2O3. The molecule has 1 fully saturated rings. The molecule has 0 saturated carbocycles. The Hall–Kier alpha value is -2.11. The van der Waals surface area contributed by atoms with Crippen LogP contribution in [0.1, 0.15) is 24.4 Å². The number of benzene rings is 2. The van der Waals surface area contributed by atoms with Crippen LogP contribution in [0.3, 0.4) is 0 Å². The largest absolute Gasteiger partial charge is 0.381 e. The average Bonchev–Trinajstić information content (AvgIpc) is 3.09. The molecule has 1 saturated heterocycles. The van der Waals surface area contributed by atoms with Crippen molar-refractivity contribution in [1.29, 1.82) is 0 Å².